The van der Waals surface area contributed by atoms with Crippen LogP contribution in [0.5, 0.6) is 0 Å². The summed E-state index contributed by atoms with van der Waals surface area (Å²) in [5, 5.41) is 1.00. The van der Waals surface area contributed by atoms with E-state index in [0.29, 0.717) is 3.38 Å². The van der Waals surface area contributed by atoms with Gasteiger partial charge in [0.1, 0.15) is 0 Å². The Morgan fingerprint density at radius 2 is 2.33 bits per heavy atom. The molecule has 0 aromatic heterocycles. The highest BCUT2D eigenvalue weighted by Gasteiger charge is 1.91. The summed E-state index contributed by atoms with van der Waals surface area (Å²) < 4.78 is 0.293. The lowest BCUT2D eigenvalue weighted by Crippen LogP contribution is -1.83. The summed E-state index contributed by atoms with van der Waals surface area (Å²) in [7, 11) is 0. The molecule has 3 heteroatoms. The molecule has 0 fully saturated rings. The van der Waals surface area contributed by atoms with Crippen LogP contribution < -0.4 is 0 Å². The van der Waals surface area contributed by atoms with Crippen LogP contribution in [0.1, 0.15) is 6.42 Å². The van der Waals surface area contributed by atoms with Gasteiger partial charge in [-0.25, -0.2) is 0 Å². The highest BCUT2D eigenvalue weighted by molar-refractivity contribution is 14.1. The van der Waals surface area contributed by atoms with Crippen molar-refractivity contribution < 1.29 is 0 Å². The maximum Gasteiger partial charge on any atom is 0.0858 e. The van der Waals surface area contributed by atoms with Crippen molar-refractivity contribution >= 4 is 50.1 Å². The van der Waals surface area contributed by atoms with Crippen molar-refractivity contribution in [2.24, 2.45) is 0 Å². The normalized spacial score (nSPS) is 14.5. The molecule has 0 aromatic carbocycles. The molecule has 0 bridgehead atoms. The van der Waals surface area contributed by atoms with Crippen molar-refractivity contribution in [3.05, 3.63) is 0 Å². The van der Waals surface area contributed by atoms with E-state index >= 15 is 0 Å². The molecule has 1 atom stereocenters. The van der Waals surface area contributed by atoms with Gasteiger partial charge >= 0.3 is 0 Å². The summed E-state index contributed by atoms with van der Waals surface area (Å²) in [6, 6.07) is 0. The molecule has 1 unspecified atom stereocenters. The second kappa shape index (κ2) is 4.65. The molecule has 0 aliphatic rings. The number of halogens is 3. The quantitative estimate of drug-likeness (QED) is 0.540. The van der Waals surface area contributed by atoms with Crippen LogP contribution in [-0.4, -0.2) is 8.71 Å². The lowest BCUT2D eigenvalue weighted by molar-refractivity contribution is 1.10. The van der Waals surface area contributed by atoms with Crippen LogP contribution in [-0.2, 0) is 0 Å². The maximum atomic E-state index is 5.53. The zero-order chi connectivity index (χ0) is 4.99. The van der Waals surface area contributed by atoms with Crippen LogP contribution in [0.2, 0.25) is 0 Å². The molecule has 0 rings (SSSR count). The molecule has 0 aliphatic heterocycles. The molecule has 0 radical (unpaired) electrons. The van der Waals surface area contributed by atoms with Crippen LogP contribution in [0.4, 0.5) is 0 Å². The van der Waals surface area contributed by atoms with E-state index in [4.69, 9.17) is 11.6 Å². The van der Waals surface area contributed by atoms with Crippen molar-refractivity contribution in [1.29, 1.82) is 0 Å². The van der Waals surface area contributed by atoms with Crippen LogP contribution in [0.3, 0.4) is 0 Å². The fourth-order valence-corrected chi connectivity index (χ4v) is 2.08. The lowest BCUT2D eigenvalue weighted by Gasteiger charge is -1.90. The standard InChI is InChI=1S/C3H5BrClI/c4-2-1-3(5)6/h3H,1-2H2. The number of alkyl halides is 3. The van der Waals surface area contributed by atoms with E-state index in [1.165, 1.54) is 0 Å². The molecular weight excluding hydrogens is 278 g/mol. The predicted molar refractivity (Wildman–Crippen MR) is 42.1 cm³/mol. The Kier molecular flexibility index (Phi) is 5.82. The van der Waals surface area contributed by atoms with E-state index < -0.39 is 0 Å². The summed E-state index contributed by atoms with van der Waals surface area (Å²) in [6.45, 7) is 0. The van der Waals surface area contributed by atoms with Gasteiger partial charge in [0, 0.05) is 5.33 Å². The Morgan fingerprint density at radius 1 is 1.83 bits per heavy atom. The Balaban J connectivity index is 2.63. The van der Waals surface area contributed by atoms with Gasteiger partial charge in [-0.3, -0.25) is 0 Å². The minimum atomic E-state index is 0.293. The van der Waals surface area contributed by atoms with E-state index in [0.717, 1.165) is 11.8 Å². The van der Waals surface area contributed by atoms with Gasteiger partial charge in [-0.1, -0.05) is 38.5 Å². The maximum absolute atomic E-state index is 5.53. The summed E-state index contributed by atoms with van der Waals surface area (Å²) >= 11 is 11.0. The van der Waals surface area contributed by atoms with Gasteiger partial charge in [-0.05, 0) is 6.42 Å². The Morgan fingerprint density at radius 3 is 2.33 bits per heavy atom. The second-order valence-corrected chi connectivity index (χ2v) is 4.43. The highest BCUT2D eigenvalue weighted by atomic mass is 127. The van der Waals surface area contributed by atoms with Gasteiger partial charge in [-0.15, -0.1) is 11.6 Å². The molecule has 6 heavy (non-hydrogen) atoms. The minimum Gasteiger partial charge on any atom is -0.111 e. The van der Waals surface area contributed by atoms with E-state index in [2.05, 4.69) is 38.5 Å². The molecule has 0 nitrogen and oxygen atoms in total. The molecule has 0 spiro atoms. The first-order valence-electron chi connectivity index (χ1n) is 1.61. The van der Waals surface area contributed by atoms with Gasteiger partial charge in [0.2, 0.25) is 0 Å². The molecule has 0 aliphatic carbocycles. The van der Waals surface area contributed by atoms with E-state index in [-0.39, 0.29) is 0 Å². The first kappa shape index (κ1) is 7.50. The third-order valence-corrected chi connectivity index (χ3v) is 1.63. The molecular formula is C3H5BrClI. The number of hydrogen-bond acceptors (Lipinski definition) is 0. The number of rotatable bonds is 2. The van der Waals surface area contributed by atoms with Gasteiger partial charge in [0.25, 0.3) is 0 Å². The van der Waals surface area contributed by atoms with Gasteiger partial charge < -0.3 is 0 Å². The highest BCUT2D eigenvalue weighted by Crippen LogP contribution is 2.10. The Labute approximate surface area is 64.9 Å². The fourth-order valence-electron chi connectivity index (χ4n) is 0.0825. The summed E-state index contributed by atoms with van der Waals surface area (Å²) in [4.78, 5) is 0. The topological polar surface area (TPSA) is 0 Å². The summed E-state index contributed by atoms with van der Waals surface area (Å²) in [5.74, 6) is 0. The van der Waals surface area contributed by atoms with Crippen LogP contribution in [0.25, 0.3) is 0 Å². The molecule has 0 heterocycles. The van der Waals surface area contributed by atoms with Gasteiger partial charge in [0.15, 0.2) is 0 Å². The van der Waals surface area contributed by atoms with Crippen LogP contribution >= 0.6 is 50.1 Å². The Bertz CT molecular complexity index is 32.0. The van der Waals surface area contributed by atoms with Crippen LogP contribution in [0.15, 0.2) is 0 Å². The predicted octanol–water partition coefficient (Wildman–Crippen LogP) is 2.77. The van der Waals surface area contributed by atoms with Crippen molar-refractivity contribution in [3.63, 3.8) is 0 Å². The monoisotopic (exact) mass is 282 g/mol. The lowest BCUT2D eigenvalue weighted by atomic mass is 10.6. The second-order valence-electron chi connectivity index (χ2n) is 0.869. The van der Waals surface area contributed by atoms with Gasteiger partial charge in [0.05, 0.1) is 3.38 Å². The minimum absolute atomic E-state index is 0.293. The molecule has 0 saturated heterocycles. The van der Waals surface area contributed by atoms with Crippen molar-refractivity contribution in [2.45, 2.75) is 9.80 Å². The molecule has 0 N–H and O–H groups in total. The van der Waals surface area contributed by atoms with E-state index in [9.17, 15) is 0 Å². The average molecular weight is 283 g/mol. The van der Waals surface area contributed by atoms with E-state index in [1.54, 1.807) is 0 Å². The third-order valence-electron chi connectivity index (χ3n) is 0.327. The molecule has 0 saturated carbocycles. The molecule has 38 valence electrons. The van der Waals surface area contributed by atoms with Crippen molar-refractivity contribution in [2.75, 3.05) is 5.33 Å². The summed E-state index contributed by atoms with van der Waals surface area (Å²) in [6.07, 6.45) is 1.04. The average Bonchev–Trinajstić information content (AvgIpc) is 1.35. The van der Waals surface area contributed by atoms with Gasteiger partial charge in [-0.2, -0.15) is 0 Å². The fraction of sp³-hybridized carbons (Fsp3) is 1.00. The molecule has 0 amide bonds. The van der Waals surface area contributed by atoms with E-state index in [1.807, 2.05) is 0 Å². The Hall–Kier alpha value is 1.50. The largest absolute Gasteiger partial charge is 0.111 e. The zero-order valence-corrected chi connectivity index (χ0v) is 7.62. The van der Waals surface area contributed by atoms with Crippen molar-refractivity contribution in [1.82, 2.24) is 0 Å². The first-order valence-corrected chi connectivity index (χ1v) is 4.42. The molecule has 0 aromatic rings. The third kappa shape index (κ3) is 5.50. The van der Waals surface area contributed by atoms with Crippen LogP contribution in [0, 0.1) is 0 Å². The SMILES string of the molecule is ClC(I)CCBr. The summed E-state index contributed by atoms with van der Waals surface area (Å²) in [5.41, 5.74) is 0. The first-order chi connectivity index (χ1) is 2.77. The van der Waals surface area contributed by atoms with Crippen molar-refractivity contribution in [3.8, 4) is 0 Å². The smallest absolute Gasteiger partial charge is 0.0858 e. The zero-order valence-electron chi connectivity index (χ0n) is 3.13. The number of hydrogen-bond donors (Lipinski definition) is 0.